The molecule has 0 fully saturated rings. The lowest BCUT2D eigenvalue weighted by Gasteiger charge is -2.33. The molecule has 5 unspecified atom stereocenters. The average molecular weight is 475 g/mol. The van der Waals surface area contributed by atoms with Gasteiger partial charge in [0.15, 0.2) is 0 Å². The molecule has 1 aliphatic rings. The molecule has 0 radical (unpaired) electrons. The zero-order chi connectivity index (χ0) is 25.5. The molecular weight excluding hydrogens is 436 g/mol. The van der Waals surface area contributed by atoms with Crippen LogP contribution >= 0.6 is 0 Å². The SMILES string of the molecule is CCC(C)C1NC(=O)C(NC)Cc2cc(ccc2OC)C=CNC(=O)C(C(C)(O)CC)NC1=O. The summed E-state index contributed by atoms with van der Waals surface area (Å²) in [4.78, 5) is 39.5. The van der Waals surface area contributed by atoms with Crippen molar-refractivity contribution >= 4 is 23.8 Å². The number of aliphatic hydroxyl groups is 1. The number of nitrogens with one attached hydrogen (secondary N) is 4. The van der Waals surface area contributed by atoms with Crippen LogP contribution in [0.4, 0.5) is 0 Å². The van der Waals surface area contributed by atoms with Gasteiger partial charge in [-0.1, -0.05) is 33.3 Å². The second kappa shape index (κ2) is 12.0. The van der Waals surface area contributed by atoms with Gasteiger partial charge < -0.3 is 31.1 Å². The lowest BCUT2D eigenvalue weighted by Crippen LogP contribution is -2.63. The normalized spacial score (nSPS) is 24.6. The van der Waals surface area contributed by atoms with E-state index < -0.39 is 35.5 Å². The fraction of sp³-hybridized carbons (Fsp3) is 0.560. The van der Waals surface area contributed by atoms with Crippen molar-refractivity contribution in [2.45, 2.75) is 70.7 Å². The van der Waals surface area contributed by atoms with Crippen molar-refractivity contribution in [3.05, 3.63) is 35.5 Å². The first kappa shape index (κ1) is 27.3. The number of fused-ring (bicyclic) bond motifs is 2. The van der Waals surface area contributed by atoms with E-state index in [9.17, 15) is 19.5 Å². The summed E-state index contributed by atoms with van der Waals surface area (Å²) in [6.45, 7) is 7.01. The van der Waals surface area contributed by atoms with Crippen LogP contribution in [0.3, 0.4) is 0 Å². The van der Waals surface area contributed by atoms with Crippen LogP contribution in [0.5, 0.6) is 5.75 Å². The van der Waals surface area contributed by atoms with E-state index in [4.69, 9.17) is 4.74 Å². The Balaban J connectivity index is 2.56. The maximum absolute atomic E-state index is 13.3. The van der Waals surface area contributed by atoms with Crippen LogP contribution in [0.25, 0.3) is 6.08 Å². The number of ether oxygens (including phenoxy) is 1. The van der Waals surface area contributed by atoms with Crippen LogP contribution in [-0.2, 0) is 20.8 Å². The van der Waals surface area contributed by atoms with Gasteiger partial charge >= 0.3 is 0 Å². The third-order valence-corrected chi connectivity index (χ3v) is 6.57. The van der Waals surface area contributed by atoms with Gasteiger partial charge in [0.1, 0.15) is 17.8 Å². The Morgan fingerprint density at radius 3 is 2.47 bits per heavy atom. The summed E-state index contributed by atoms with van der Waals surface area (Å²) in [6, 6.07) is 2.80. The Morgan fingerprint density at radius 1 is 1.18 bits per heavy atom. The summed E-state index contributed by atoms with van der Waals surface area (Å²) < 4.78 is 5.47. The number of amides is 3. The minimum Gasteiger partial charge on any atom is -0.496 e. The van der Waals surface area contributed by atoms with Crippen molar-refractivity contribution in [1.82, 2.24) is 21.3 Å². The van der Waals surface area contributed by atoms with Crippen LogP contribution in [-0.4, -0.2) is 60.7 Å². The topological polar surface area (TPSA) is 129 Å². The van der Waals surface area contributed by atoms with Crippen molar-refractivity contribution in [3.63, 3.8) is 0 Å². The third kappa shape index (κ3) is 6.57. The highest BCUT2D eigenvalue weighted by molar-refractivity contribution is 5.94. The van der Waals surface area contributed by atoms with Gasteiger partial charge in [0.05, 0.1) is 18.8 Å². The second-order valence-electron chi connectivity index (χ2n) is 8.98. The zero-order valence-corrected chi connectivity index (χ0v) is 20.9. The van der Waals surface area contributed by atoms with E-state index in [0.717, 1.165) is 11.1 Å². The number of hydrogen-bond acceptors (Lipinski definition) is 6. The number of carbonyl (C=O) groups excluding carboxylic acids is 3. The van der Waals surface area contributed by atoms with Crippen molar-refractivity contribution in [3.8, 4) is 5.75 Å². The summed E-state index contributed by atoms with van der Waals surface area (Å²) in [5, 5.41) is 22.1. The van der Waals surface area contributed by atoms with Gasteiger partial charge in [-0.25, -0.2) is 0 Å². The van der Waals surface area contributed by atoms with Crippen molar-refractivity contribution in [2.24, 2.45) is 5.92 Å². The molecule has 0 spiro atoms. The van der Waals surface area contributed by atoms with E-state index in [1.165, 1.54) is 13.1 Å². The molecule has 3 amide bonds. The largest absolute Gasteiger partial charge is 0.496 e. The number of rotatable bonds is 6. The van der Waals surface area contributed by atoms with E-state index in [0.29, 0.717) is 18.6 Å². The van der Waals surface area contributed by atoms with Crippen LogP contribution in [0.2, 0.25) is 0 Å². The number of methoxy groups -OCH3 is 1. The summed E-state index contributed by atoms with van der Waals surface area (Å²) >= 11 is 0. The van der Waals surface area contributed by atoms with E-state index in [-0.39, 0.29) is 18.2 Å². The molecule has 188 valence electrons. The highest BCUT2D eigenvalue weighted by Gasteiger charge is 2.39. The van der Waals surface area contributed by atoms with Crippen LogP contribution in [0.15, 0.2) is 24.4 Å². The van der Waals surface area contributed by atoms with E-state index in [1.54, 1.807) is 33.2 Å². The maximum atomic E-state index is 13.3. The average Bonchev–Trinajstić information content (AvgIpc) is 2.82. The van der Waals surface area contributed by atoms with Gasteiger partial charge in [-0.15, -0.1) is 0 Å². The molecule has 9 nitrogen and oxygen atoms in total. The van der Waals surface area contributed by atoms with Crippen molar-refractivity contribution in [2.75, 3.05) is 14.2 Å². The number of likely N-dealkylation sites (N-methyl/N-ethyl adjacent to an activating group) is 1. The fourth-order valence-corrected chi connectivity index (χ4v) is 3.81. The summed E-state index contributed by atoms with van der Waals surface area (Å²) in [5.74, 6) is -0.992. The molecule has 1 heterocycles. The molecule has 1 aromatic carbocycles. The predicted octanol–water partition coefficient (Wildman–Crippen LogP) is 1.10. The van der Waals surface area contributed by atoms with Gasteiger partial charge in [-0.05, 0) is 55.6 Å². The molecular formula is C25H38N4O5. The predicted molar refractivity (Wildman–Crippen MR) is 131 cm³/mol. The smallest absolute Gasteiger partial charge is 0.249 e. The molecule has 0 saturated heterocycles. The third-order valence-electron chi connectivity index (χ3n) is 6.57. The van der Waals surface area contributed by atoms with Gasteiger partial charge in [0, 0.05) is 12.6 Å². The molecule has 0 saturated carbocycles. The van der Waals surface area contributed by atoms with Gasteiger partial charge in [0.25, 0.3) is 0 Å². The number of hydrogen-bond donors (Lipinski definition) is 5. The van der Waals surface area contributed by atoms with Gasteiger partial charge in [0.2, 0.25) is 17.7 Å². The molecule has 34 heavy (non-hydrogen) atoms. The summed E-state index contributed by atoms with van der Waals surface area (Å²) in [5.41, 5.74) is 0.102. The molecule has 0 aromatic heterocycles. The molecule has 2 rings (SSSR count). The first-order chi connectivity index (χ1) is 16.1. The lowest BCUT2D eigenvalue weighted by atomic mass is 9.91. The van der Waals surface area contributed by atoms with Crippen molar-refractivity contribution < 1.29 is 24.2 Å². The first-order valence-corrected chi connectivity index (χ1v) is 11.7. The molecule has 2 bridgehead atoms. The minimum atomic E-state index is -1.49. The molecule has 1 aliphatic heterocycles. The Labute approximate surface area is 201 Å². The number of benzene rings is 1. The van der Waals surface area contributed by atoms with E-state index in [2.05, 4.69) is 21.3 Å². The Bertz CT molecular complexity index is 915. The van der Waals surface area contributed by atoms with Crippen molar-refractivity contribution in [1.29, 1.82) is 0 Å². The molecule has 1 aromatic rings. The van der Waals surface area contributed by atoms with Gasteiger partial charge in [-0.2, -0.15) is 0 Å². The second-order valence-corrected chi connectivity index (χ2v) is 8.98. The Kier molecular flexibility index (Phi) is 9.64. The first-order valence-electron chi connectivity index (χ1n) is 11.7. The summed E-state index contributed by atoms with van der Waals surface area (Å²) in [6.07, 6.45) is 4.38. The lowest BCUT2D eigenvalue weighted by molar-refractivity contribution is -0.138. The monoisotopic (exact) mass is 474 g/mol. The van der Waals surface area contributed by atoms with Crippen LogP contribution in [0.1, 0.15) is 51.7 Å². The van der Waals surface area contributed by atoms with Gasteiger partial charge in [-0.3, -0.25) is 14.4 Å². The highest BCUT2D eigenvalue weighted by atomic mass is 16.5. The van der Waals surface area contributed by atoms with Crippen LogP contribution in [0, 0.1) is 5.92 Å². The molecule has 5 N–H and O–H groups in total. The van der Waals surface area contributed by atoms with E-state index >= 15 is 0 Å². The van der Waals surface area contributed by atoms with E-state index in [1.807, 2.05) is 26.0 Å². The fourth-order valence-electron chi connectivity index (χ4n) is 3.81. The molecule has 5 atom stereocenters. The number of carbonyl (C=O) groups is 3. The van der Waals surface area contributed by atoms with Crippen LogP contribution < -0.4 is 26.0 Å². The highest BCUT2D eigenvalue weighted by Crippen LogP contribution is 2.23. The quantitative estimate of drug-likeness (QED) is 0.420. The summed E-state index contributed by atoms with van der Waals surface area (Å²) in [7, 11) is 3.25. The Morgan fingerprint density at radius 2 is 1.88 bits per heavy atom. The maximum Gasteiger partial charge on any atom is 0.249 e. The molecule has 0 aliphatic carbocycles. The minimum absolute atomic E-state index is 0.204. The molecule has 9 heteroatoms. The standard InChI is InChI=1S/C25H38N4O5/c1-7-15(3)20-23(31)29-21(25(4,33)8-2)24(32)27-12-11-16-9-10-19(34-6)17(13-16)14-18(26-5)22(30)28-20/h9-13,15,18,20-21,26,33H,7-8,14H2,1-6H3,(H,27,32)(H,28,30)(H,29,31). The Hall–Kier alpha value is -2.91. The zero-order valence-electron chi connectivity index (χ0n) is 20.9.